The summed E-state index contributed by atoms with van der Waals surface area (Å²) in [6, 6.07) is 0.907. The molecule has 0 radical (unpaired) electrons. The van der Waals surface area contributed by atoms with E-state index in [1.165, 1.54) is 0 Å². The van der Waals surface area contributed by atoms with Crippen molar-refractivity contribution in [2.45, 2.75) is 58.0 Å². The number of likely N-dealkylation sites (tertiary alicyclic amines) is 1. The van der Waals surface area contributed by atoms with Crippen molar-refractivity contribution < 1.29 is 9.59 Å². The fourth-order valence-electron chi connectivity index (χ4n) is 3.07. The Bertz CT molecular complexity index is 386. The molecule has 3 rings (SSSR count). The van der Waals surface area contributed by atoms with Crippen molar-refractivity contribution >= 4 is 11.8 Å². The highest BCUT2D eigenvalue weighted by Gasteiger charge is 2.44. The first kappa shape index (κ1) is 12.9. The summed E-state index contributed by atoms with van der Waals surface area (Å²) < 4.78 is 0. The Hall–Kier alpha value is -1.06. The molecule has 0 spiro atoms. The zero-order chi connectivity index (χ0) is 13.6. The lowest BCUT2D eigenvalue weighted by molar-refractivity contribution is -0.137. The van der Waals surface area contributed by atoms with Crippen LogP contribution in [0.15, 0.2) is 0 Å². The standard InChI is InChI=1S/C15H24N2O2/c1-10(2)8-17(13-5-6-13)15(19)11-7-14(18)16(9-11)12-3-4-12/h10-13H,3-9H2,1-2H3/t11-/m0/s1. The average molecular weight is 264 g/mol. The van der Waals surface area contributed by atoms with Gasteiger partial charge in [-0.3, -0.25) is 9.59 Å². The number of carbonyl (C=O) groups excluding carboxylic acids is 2. The predicted octanol–water partition coefficient (Wildman–Crippen LogP) is 1.64. The summed E-state index contributed by atoms with van der Waals surface area (Å²) in [6.07, 6.45) is 4.99. The molecule has 0 aromatic heterocycles. The van der Waals surface area contributed by atoms with Crippen molar-refractivity contribution in [1.82, 2.24) is 9.80 Å². The molecule has 1 heterocycles. The monoisotopic (exact) mass is 264 g/mol. The highest BCUT2D eigenvalue weighted by Crippen LogP contribution is 2.35. The minimum atomic E-state index is -0.0764. The molecule has 4 nitrogen and oxygen atoms in total. The third-order valence-electron chi connectivity index (χ3n) is 4.33. The van der Waals surface area contributed by atoms with E-state index in [1.54, 1.807) is 0 Å². The van der Waals surface area contributed by atoms with Crippen LogP contribution >= 0.6 is 0 Å². The first-order valence-electron chi connectivity index (χ1n) is 7.66. The van der Waals surface area contributed by atoms with Crippen molar-refractivity contribution in [2.75, 3.05) is 13.1 Å². The first-order valence-corrected chi connectivity index (χ1v) is 7.66. The molecule has 0 unspecified atom stereocenters. The maximum Gasteiger partial charge on any atom is 0.228 e. The van der Waals surface area contributed by atoms with Crippen molar-refractivity contribution in [3.8, 4) is 0 Å². The van der Waals surface area contributed by atoms with E-state index in [0.717, 1.165) is 32.2 Å². The fraction of sp³-hybridized carbons (Fsp3) is 0.867. The molecular formula is C15H24N2O2. The summed E-state index contributed by atoms with van der Waals surface area (Å²) in [5, 5.41) is 0. The predicted molar refractivity (Wildman–Crippen MR) is 72.4 cm³/mol. The van der Waals surface area contributed by atoms with Gasteiger partial charge in [0, 0.05) is 31.6 Å². The Morgan fingerprint density at radius 3 is 2.53 bits per heavy atom. The molecule has 0 N–H and O–H groups in total. The highest BCUT2D eigenvalue weighted by molar-refractivity contribution is 5.89. The van der Waals surface area contributed by atoms with Crippen molar-refractivity contribution in [3.05, 3.63) is 0 Å². The van der Waals surface area contributed by atoms with Gasteiger partial charge in [0.25, 0.3) is 0 Å². The van der Waals surface area contributed by atoms with Crippen LogP contribution in [0.2, 0.25) is 0 Å². The Morgan fingerprint density at radius 2 is 2.00 bits per heavy atom. The van der Waals surface area contributed by atoms with Gasteiger partial charge in [0.05, 0.1) is 5.92 Å². The van der Waals surface area contributed by atoms with Crippen LogP contribution in [0.5, 0.6) is 0 Å². The SMILES string of the molecule is CC(C)CN(C(=O)[C@H]1CC(=O)N(C2CC2)C1)C1CC1. The Kier molecular flexibility index (Phi) is 3.27. The summed E-state index contributed by atoms with van der Waals surface area (Å²) in [4.78, 5) is 28.6. The average Bonchev–Trinajstić information content (AvgIpc) is 3.23. The van der Waals surface area contributed by atoms with E-state index in [1.807, 2.05) is 4.90 Å². The molecule has 3 aliphatic rings. The lowest BCUT2D eigenvalue weighted by Crippen LogP contribution is -2.41. The van der Waals surface area contributed by atoms with Crippen LogP contribution in [0.25, 0.3) is 0 Å². The lowest BCUT2D eigenvalue weighted by Gasteiger charge is -2.27. The maximum absolute atomic E-state index is 12.6. The van der Waals surface area contributed by atoms with Gasteiger partial charge in [-0.15, -0.1) is 0 Å². The van der Waals surface area contributed by atoms with E-state index in [-0.39, 0.29) is 17.7 Å². The van der Waals surface area contributed by atoms with Crippen LogP contribution < -0.4 is 0 Å². The van der Waals surface area contributed by atoms with E-state index >= 15 is 0 Å². The molecule has 1 saturated heterocycles. The molecule has 2 saturated carbocycles. The minimum Gasteiger partial charge on any atom is -0.339 e. The molecule has 0 aromatic rings. The second-order valence-electron chi connectivity index (χ2n) is 6.79. The van der Waals surface area contributed by atoms with Crippen LogP contribution in [0.1, 0.15) is 46.0 Å². The zero-order valence-electron chi connectivity index (χ0n) is 12.0. The van der Waals surface area contributed by atoms with Crippen LogP contribution in [0, 0.1) is 11.8 Å². The van der Waals surface area contributed by atoms with E-state index in [4.69, 9.17) is 0 Å². The second kappa shape index (κ2) is 4.80. The maximum atomic E-state index is 12.6. The second-order valence-corrected chi connectivity index (χ2v) is 6.79. The summed E-state index contributed by atoms with van der Waals surface area (Å²) in [5.41, 5.74) is 0. The van der Waals surface area contributed by atoms with E-state index in [0.29, 0.717) is 31.0 Å². The molecular weight excluding hydrogens is 240 g/mol. The van der Waals surface area contributed by atoms with E-state index < -0.39 is 0 Å². The normalized spacial score (nSPS) is 27.2. The molecule has 2 aliphatic carbocycles. The van der Waals surface area contributed by atoms with Gasteiger partial charge in [0.2, 0.25) is 11.8 Å². The molecule has 1 aliphatic heterocycles. The van der Waals surface area contributed by atoms with Crippen LogP contribution in [-0.2, 0) is 9.59 Å². The van der Waals surface area contributed by atoms with Gasteiger partial charge in [-0.1, -0.05) is 13.8 Å². The van der Waals surface area contributed by atoms with Gasteiger partial charge in [-0.05, 0) is 31.6 Å². The van der Waals surface area contributed by atoms with Crippen LogP contribution in [0.4, 0.5) is 0 Å². The van der Waals surface area contributed by atoms with E-state index in [9.17, 15) is 9.59 Å². The minimum absolute atomic E-state index is 0.0764. The molecule has 4 heteroatoms. The zero-order valence-corrected chi connectivity index (χ0v) is 12.0. The topological polar surface area (TPSA) is 40.6 Å². The van der Waals surface area contributed by atoms with Gasteiger partial charge in [-0.2, -0.15) is 0 Å². The van der Waals surface area contributed by atoms with Gasteiger partial charge in [-0.25, -0.2) is 0 Å². The smallest absolute Gasteiger partial charge is 0.228 e. The molecule has 0 bridgehead atoms. The number of carbonyl (C=O) groups is 2. The summed E-state index contributed by atoms with van der Waals surface area (Å²) >= 11 is 0. The lowest BCUT2D eigenvalue weighted by atomic mass is 10.1. The third-order valence-corrected chi connectivity index (χ3v) is 4.33. The summed E-state index contributed by atoms with van der Waals surface area (Å²) in [6.45, 7) is 5.82. The molecule has 19 heavy (non-hydrogen) atoms. The van der Waals surface area contributed by atoms with Gasteiger partial charge in [0.15, 0.2) is 0 Å². The van der Waals surface area contributed by atoms with Crippen molar-refractivity contribution in [3.63, 3.8) is 0 Å². The van der Waals surface area contributed by atoms with Crippen LogP contribution in [-0.4, -0.2) is 46.8 Å². The molecule has 2 amide bonds. The Labute approximate surface area is 115 Å². The first-order chi connectivity index (χ1) is 9.06. The number of rotatable bonds is 5. The number of hydrogen-bond donors (Lipinski definition) is 0. The largest absolute Gasteiger partial charge is 0.339 e. The van der Waals surface area contributed by atoms with Gasteiger partial charge >= 0.3 is 0 Å². The van der Waals surface area contributed by atoms with E-state index in [2.05, 4.69) is 18.7 Å². The quantitative estimate of drug-likeness (QED) is 0.757. The third kappa shape index (κ3) is 2.77. The highest BCUT2D eigenvalue weighted by atomic mass is 16.2. The number of nitrogens with zero attached hydrogens (tertiary/aromatic N) is 2. The number of hydrogen-bond acceptors (Lipinski definition) is 2. The molecule has 0 aromatic carbocycles. The summed E-state index contributed by atoms with van der Waals surface area (Å²) in [5.74, 6) is 0.850. The molecule has 1 atom stereocenters. The Balaban J connectivity index is 1.63. The fourth-order valence-corrected chi connectivity index (χ4v) is 3.07. The Morgan fingerprint density at radius 1 is 1.32 bits per heavy atom. The molecule has 3 fully saturated rings. The summed E-state index contributed by atoms with van der Waals surface area (Å²) in [7, 11) is 0. The van der Waals surface area contributed by atoms with Gasteiger partial charge < -0.3 is 9.80 Å². The van der Waals surface area contributed by atoms with Gasteiger partial charge in [0.1, 0.15) is 0 Å². The van der Waals surface area contributed by atoms with Crippen molar-refractivity contribution in [2.24, 2.45) is 11.8 Å². The molecule has 106 valence electrons. The number of amides is 2. The van der Waals surface area contributed by atoms with Crippen LogP contribution in [0.3, 0.4) is 0 Å². The van der Waals surface area contributed by atoms with Crippen molar-refractivity contribution in [1.29, 1.82) is 0 Å².